The van der Waals surface area contributed by atoms with Crippen molar-refractivity contribution in [2.45, 2.75) is 58.9 Å². The van der Waals surface area contributed by atoms with Crippen LogP contribution in [0.1, 0.15) is 52.9 Å². The molecule has 2 heteroatoms. The molecule has 2 nitrogen and oxygen atoms in total. The molecule has 1 fully saturated rings. The van der Waals surface area contributed by atoms with Crippen LogP contribution in [-0.4, -0.2) is 38.1 Å². The van der Waals surface area contributed by atoms with Gasteiger partial charge in [0.1, 0.15) is 0 Å². The molecule has 0 heterocycles. The van der Waals surface area contributed by atoms with Crippen LogP contribution in [0.5, 0.6) is 0 Å². The summed E-state index contributed by atoms with van der Waals surface area (Å²) >= 11 is 0. The SMILES string of the molecule is CCC1CCC(N(C)CC(C)(C)CNC)CC1. The average molecular weight is 240 g/mol. The molecule has 102 valence electrons. The van der Waals surface area contributed by atoms with Gasteiger partial charge < -0.3 is 10.2 Å². The fourth-order valence-corrected chi connectivity index (χ4v) is 3.33. The van der Waals surface area contributed by atoms with Crippen molar-refractivity contribution in [2.75, 3.05) is 27.2 Å². The normalized spacial score (nSPS) is 26.5. The maximum absolute atomic E-state index is 3.31. The van der Waals surface area contributed by atoms with E-state index < -0.39 is 0 Å². The van der Waals surface area contributed by atoms with Gasteiger partial charge in [0, 0.05) is 19.1 Å². The van der Waals surface area contributed by atoms with E-state index in [1.807, 2.05) is 7.05 Å². The quantitative estimate of drug-likeness (QED) is 0.767. The molecule has 1 aliphatic rings. The first kappa shape index (κ1) is 15.0. The fraction of sp³-hybridized carbons (Fsp3) is 1.00. The minimum Gasteiger partial charge on any atom is -0.319 e. The standard InChI is InChI=1S/C15H32N2/c1-6-13-7-9-14(10-8-13)17(5)12-15(2,3)11-16-4/h13-14,16H,6-12H2,1-5H3. The molecule has 0 amide bonds. The smallest absolute Gasteiger partial charge is 0.00926 e. The van der Waals surface area contributed by atoms with Crippen LogP contribution in [0.2, 0.25) is 0 Å². The summed E-state index contributed by atoms with van der Waals surface area (Å²) in [7, 11) is 4.36. The van der Waals surface area contributed by atoms with Gasteiger partial charge >= 0.3 is 0 Å². The highest BCUT2D eigenvalue weighted by molar-refractivity contribution is 4.82. The van der Waals surface area contributed by atoms with Crippen molar-refractivity contribution < 1.29 is 0 Å². The van der Waals surface area contributed by atoms with E-state index in [4.69, 9.17) is 0 Å². The van der Waals surface area contributed by atoms with E-state index in [-0.39, 0.29) is 0 Å². The lowest BCUT2D eigenvalue weighted by atomic mass is 9.83. The fourth-order valence-electron chi connectivity index (χ4n) is 3.33. The maximum atomic E-state index is 3.31. The van der Waals surface area contributed by atoms with E-state index >= 15 is 0 Å². The van der Waals surface area contributed by atoms with Crippen molar-refractivity contribution in [2.24, 2.45) is 11.3 Å². The van der Waals surface area contributed by atoms with Crippen molar-refractivity contribution in [3.8, 4) is 0 Å². The Morgan fingerprint density at radius 2 is 1.76 bits per heavy atom. The van der Waals surface area contributed by atoms with Crippen molar-refractivity contribution in [3.63, 3.8) is 0 Å². The first-order valence-corrected chi connectivity index (χ1v) is 7.33. The summed E-state index contributed by atoms with van der Waals surface area (Å²) in [5.41, 5.74) is 0.380. The lowest BCUT2D eigenvalue weighted by Gasteiger charge is -2.38. The Balaban J connectivity index is 2.36. The zero-order chi connectivity index (χ0) is 12.9. The summed E-state index contributed by atoms with van der Waals surface area (Å²) in [5.74, 6) is 1.00. The van der Waals surface area contributed by atoms with Gasteiger partial charge in [-0.05, 0) is 51.1 Å². The number of hydrogen-bond acceptors (Lipinski definition) is 2. The van der Waals surface area contributed by atoms with Gasteiger partial charge in [-0.25, -0.2) is 0 Å². The van der Waals surface area contributed by atoms with Crippen LogP contribution in [0.15, 0.2) is 0 Å². The summed E-state index contributed by atoms with van der Waals surface area (Å²) in [6.07, 6.45) is 7.08. The molecule has 0 aromatic heterocycles. The van der Waals surface area contributed by atoms with Crippen LogP contribution < -0.4 is 5.32 Å². The molecule has 0 aromatic rings. The Labute approximate surface area is 108 Å². The van der Waals surface area contributed by atoms with Crippen LogP contribution in [-0.2, 0) is 0 Å². The molecule has 0 unspecified atom stereocenters. The van der Waals surface area contributed by atoms with E-state index in [1.54, 1.807) is 0 Å². The van der Waals surface area contributed by atoms with Gasteiger partial charge in [0.2, 0.25) is 0 Å². The first-order chi connectivity index (χ1) is 7.98. The molecule has 1 rings (SSSR count). The summed E-state index contributed by atoms with van der Waals surface area (Å²) in [6, 6.07) is 0.828. The second-order valence-corrected chi connectivity index (χ2v) is 6.69. The van der Waals surface area contributed by atoms with Crippen molar-refractivity contribution in [1.29, 1.82) is 0 Å². The van der Waals surface area contributed by atoms with Gasteiger partial charge in [0.25, 0.3) is 0 Å². The molecule has 0 radical (unpaired) electrons. The summed E-state index contributed by atoms with van der Waals surface area (Å²) in [6.45, 7) is 9.36. The van der Waals surface area contributed by atoms with Gasteiger partial charge in [0.15, 0.2) is 0 Å². The highest BCUT2D eigenvalue weighted by Gasteiger charge is 2.27. The van der Waals surface area contributed by atoms with Gasteiger partial charge in [-0.1, -0.05) is 27.2 Å². The van der Waals surface area contributed by atoms with Crippen molar-refractivity contribution in [1.82, 2.24) is 10.2 Å². The zero-order valence-corrected chi connectivity index (χ0v) is 12.6. The summed E-state index contributed by atoms with van der Waals surface area (Å²) < 4.78 is 0. The lowest BCUT2D eigenvalue weighted by molar-refractivity contribution is 0.117. The Hall–Kier alpha value is -0.0800. The topological polar surface area (TPSA) is 15.3 Å². The Morgan fingerprint density at radius 1 is 1.18 bits per heavy atom. The minimum absolute atomic E-state index is 0.380. The van der Waals surface area contributed by atoms with E-state index in [0.29, 0.717) is 5.41 Å². The Bertz CT molecular complexity index is 205. The molecule has 17 heavy (non-hydrogen) atoms. The number of nitrogens with zero attached hydrogens (tertiary/aromatic N) is 1. The largest absolute Gasteiger partial charge is 0.319 e. The number of rotatable bonds is 6. The van der Waals surface area contributed by atoms with E-state index in [9.17, 15) is 0 Å². The van der Waals surface area contributed by atoms with Crippen LogP contribution in [0.4, 0.5) is 0 Å². The predicted molar refractivity (Wildman–Crippen MR) is 76.4 cm³/mol. The molecule has 0 atom stereocenters. The molecule has 1 saturated carbocycles. The third-order valence-electron chi connectivity index (χ3n) is 4.35. The third kappa shape index (κ3) is 4.97. The molecule has 1 N–H and O–H groups in total. The third-order valence-corrected chi connectivity index (χ3v) is 4.35. The van der Waals surface area contributed by atoms with Gasteiger partial charge in [-0.3, -0.25) is 0 Å². The average Bonchev–Trinajstić information content (AvgIpc) is 2.28. The number of nitrogens with one attached hydrogen (secondary N) is 1. The second-order valence-electron chi connectivity index (χ2n) is 6.69. The van der Waals surface area contributed by atoms with Gasteiger partial charge in [0.05, 0.1) is 0 Å². The lowest BCUT2D eigenvalue weighted by Crippen LogP contribution is -2.43. The molecule has 0 spiro atoms. The second kappa shape index (κ2) is 6.75. The van der Waals surface area contributed by atoms with E-state index in [0.717, 1.165) is 18.5 Å². The van der Waals surface area contributed by atoms with Crippen molar-refractivity contribution >= 4 is 0 Å². The Morgan fingerprint density at radius 3 is 2.24 bits per heavy atom. The van der Waals surface area contributed by atoms with Gasteiger partial charge in [-0.15, -0.1) is 0 Å². The van der Waals surface area contributed by atoms with Crippen LogP contribution in [0.3, 0.4) is 0 Å². The van der Waals surface area contributed by atoms with E-state index in [2.05, 4.69) is 38.0 Å². The highest BCUT2D eigenvalue weighted by Crippen LogP contribution is 2.30. The van der Waals surface area contributed by atoms with Gasteiger partial charge in [-0.2, -0.15) is 0 Å². The van der Waals surface area contributed by atoms with E-state index in [1.165, 1.54) is 38.6 Å². The zero-order valence-electron chi connectivity index (χ0n) is 12.6. The minimum atomic E-state index is 0.380. The molecule has 0 saturated heterocycles. The first-order valence-electron chi connectivity index (χ1n) is 7.33. The molecule has 0 aliphatic heterocycles. The Kier molecular flexibility index (Phi) is 5.94. The molecule has 0 aromatic carbocycles. The monoisotopic (exact) mass is 240 g/mol. The molecular formula is C15H32N2. The van der Waals surface area contributed by atoms with Crippen LogP contribution >= 0.6 is 0 Å². The number of hydrogen-bond donors (Lipinski definition) is 1. The molecule has 1 aliphatic carbocycles. The van der Waals surface area contributed by atoms with Crippen molar-refractivity contribution in [3.05, 3.63) is 0 Å². The molecular weight excluding hydrogens is 208 g/mol. The summed E-state index contributed by atoms with van der Waals surface area (Å²) in [4.78, 5) is 2.60. The summed E-state index contributed by atoms with van der Waals surface area (Å²) in [5, 5.41) is 3.31. The predicted octanol–water partition coefficient (Wildman–Crippen LogP) is 3.13. The highest BCUT2D eigenvalue weighted by atomic mass is 15.1. The van der Waals surface area contributed by atoms with Crippen LogP contribution in [0.25, 0.3) is 0 Å². The van der Waals surface area contributed by atoms with Crippen LogP contribution in [0, 0.1) is 11.3 Å². The maximum Gasteiger partial charge on any atom is 0.00926 e. The molecule has 0 bridgehead atoms.